The van der Waals surface area contributed by atoms with Crippen LogP contribution in [0.4, 0.5) is 14.5 Å². The number of halogens is 2. The average Bonchev–Trinajstić information content (AvgIpc) is 3.02. The Bertz CT molecular complexity index is 1040. The Kier molecular flexibility index (Phi) is 4.97. The fraction of sp³-hybridized carbons (Fsp3) is 0.176. The molecule has 3 aromatic rings. The fourth-order valence-electron chi connectivity index (χ4n) is 2.63. The molecule has 0 atom stereocenters. The molecule has 0 unspecified atom stereocenters. The average molecular weight is 376 g/mol. The molecule has 3 rings (SSSR count). The first-order valence-electron chi connectivity index (χ1n) is 7.88. The van der Waals surface area contributed by atoms with E-state index in [1.165, 1.54) is 18.5 Å². The highest BCUT2D eigenvalue weighted by molar-refractivity contribution is 5.93. The molecule has 140 valence electrons. The number of nitrogens with zero attached hydrogens (tertiary/aromatic N) is 3. The summed E-state index contributed by atoms with van der Waals surface area (Å²) in [7, 11) is 0. The van der Waals surface area contributed by atoms with Gasteiger partial charge in [0, 0.05) is 18.7 Å². The minimum atomic E-state index is -1.21. The third-order valence-corrected chi connectivity index (χ3v) is 3.92. The van der Waals surface area contributed by atoms with Gasteiger partial charge in [-0.15, -0.1) is 0 Å². The van der Waals surface area contributed by atoms with Crippen LogP contribution in [0.3, 0.4) is 0 Å². The molecule has 0 saturated carbocycles. The van der Waals surface area contributed by atoms with Gasteiger partial charge in [0.15, 0.2) is 11.6 Å². The van der Waals surface area contributed by atoms with Crippen LogP contribution in [-0.4, -0.2) is 27.0 Å². The zero-order valence-corrected chi connectivity index (χ0v) is 13.9. The topological polar surface area (TPSA) is 113 Å². The predicted octanol–water partition coefficient (Wildman–Crippen LogP) is 2.79. The molecule has 0 aliphatic rings. The second-order valence-corrected chi connectivity index (χ2v) is 5.67. The van der Waals surface area contributed by atoms with Crippen LogP contribution in [0, 0.1) is 21.7 Å². The highest BCUT2D eigenvalue weighted by Gasteiger charge is 2.19. The van der Waals surface area contributed by atoms with E-state index in [-0.39, 0.29) is 18.0 Å². The summed E-state index contributed by atoms with van der Waals surface area (Å²) in [4.78, 5) is 25.5. The van der Waals surface area contributed by atoms with Crippen LogP contribution in [0.15, 0.2) is 36.7 Å². The molecule has 1 heterocycles. The van der Waals surface area contributed by atoms with Gasteiger partial charge in [0.05, 0.1) is 28.9 Å². The SMILES string of the molecule is NC(=O)c1c(F)ccc(OCCCn2cnc3cc([N+](=O)[O-])ccc32)c1F. The third-order valence-electron chi connectivity index (χ3n) is 3.92. The summed E-state index contributed by atoms with van der Waals surface area (Å²) in [5, 5.41) is 10.8. The predicted molar refractivity (Wildman–Crippen MR) is 91.4 cm³/mol. The molecule has 8 nitrogen and oxygen atoms in total. The molecule has 0 bridgehead atoms. The normalized spacial score (nSPS) is 10.9. The van der Waals surface area contributed by atoms with E-state index in [0.29, 0.717) is 24.0 Å². The molecule has 10 heteroatoms. The minimum Gasteiger partial charge on any atom is -0.490 e. The Hall–Kier alpha value is -3.56. The summed E-state index contributed by atoms with van der Waals surface area (Å²) < 4.78 is 34.5. The van der Waals surface area contributed by atoms with Crippen LogP contribution in [0.25, 0.3) is 11.0 Å². The number of fused-ring (bicyclic) bond motifs is 1. The summed E-state index contributed by atoms with van der Waals surface area (Å²) in [6.07, 6.45) is 1.99. The van der Waals surface area contributed by atoms with Crippen molar-refractivity contribution < 1.29 is 23.2 Å². The number of imidazole rings is 1. The van der Waals surface area contributed by atoms with Gasteiger partial charge in [-0.25, -0.2) is 13.8 Å². The van der Waals surface area contributed by atoms with Gasteiger partial charge in [0.1, 0.15) is 11.4 Å². The number of nitrogens with two attached hydrogens (primary N) is 1. The summed E-state index contributed by atoms with van der Waals surface area (Å²) >= 11 is 0. The van der Waals surface area contributed by atoms with E-state index < -0.39 is 28.0 Å². The molecule has 0 aliphatic heterocycles. The maximum atomic E-state index is 14.1. The van der Waals surface area contributed by atoms with Gasteiger partial charge in [-0.1, -0.05) is 0 Å². The lowest BCUT2D eigenvalue weighted by Crippen LogP contribution is -2.16. The van der Waals surface area contributed by atoms with Crippen molar-refractivity contribution in [3.63, 3.8) is 0 Å². The van der Waals surface area contributed by atoms with Gasteiger partial charge in [0.2, 0.25) is 0 Å². The summed E-state index contributed by atoms with van der Waals surface area (Å²) in [5.41, 5.74) is 5.27. The lowest BCUT2D eigenvalue weighted by atomic mass is 10.1. The van der Waals surface area contributed by atoms with Crippen molar-refractivity contribution >= 4 is 22.6 Å². The second-order valence-electron chi connectivity index (χ2n) is 5.67. The molecule has 0 spiro atoms. The molecule has 1 aromatic heterocycles. The van der Waals surface area contributed by atoms with Crippen molar-refractivity contribution in [1.82, 2.24) is 9.55 Å². The van der Waals surface area contributed by atoms with E-state index >= 15 is 0 Å². The maximum Gasteiger partial charge on any atom is 0.271 e. The number of amides is 1. The number of aromatic nitrogens is 2. The standard InChI is InChI=1S/C17H14F2N4O4/c18-11-3-5-14(16(19)15(11)17(20)24)27-7-1-6-22-9-21-12-8-10(23(25)26)2-4-13(12)22/h2-5,8-9H,1,6-7H2,(H2,20,24). The number of carbonyl (C=O) groups is 1. The molecule has 27 heavy (non-hydrogen) atoms. The Morgan fingerprint density at radius 3 is 2.78 bits per heavy atom. The fourth-order valence-corrected chi connectivity index (χ4v) is 2.63. The van der Waals surface area contributed by atoms with Crippen LogP contribution in [0.1, 0.15) is 16.8 Å². The number of hydrogen-bond acceptors (Lipinski definition) is 5. The van der Waals surface area contributed by atoms with Crippen LogP contribution >= 0.6 is 0 Å². The maximum absolute atomic E-state index is 14.1. The Morgan fingerprint density at radius 1 is 1.30 bits per heavy atom. The van der Waals surface area contributed by atoms with Gasteiger partial charge in [-0.2, -0.15) is 0 Å². The summed E-state index contributed by atoms with van der Waals surface area (Å²) in [5.74, 6) is -3.67. The molecule has 2 N–H and O–H groups in total. The number of rotatable bonds is 7. The number of benzene rings is 2. The first-order valence-corrected chi connectivity index (χ1v) is 7.88. The minimum absolute atomic E-state index is 0.0480. The lowest BCUT2D eigenvalue weighted by Gasteiger charge is -2.10. The number of non-ortho nitro benzene ring substituents is 1. The number of ether oxygens (including phenoxy) is 1. The molecule has 0 saturated heterocycles. The number of hydrogen-bond donors (Lipinski definition) is 1. The molecule has 0 aliphatic carbocycles. The molecular formula is C17H14F2N4O4. The van der Waals surface area contributed by atoms with Gasteiger partial charge < -0.3 is 15.0 Å². The molecule has 2 aromatic carbocycles. The van der Waals surface area contributed by atoms with E-state index in [2.05, 4.69) is 4.98 Å². The smallest absolute Gasteiger partial charge is 0.271 e. The quantitative estimate of drug-likeness (QED) is 0.387. The largest absolute Gasteiger partial charge is 0.490 e. The van der Waals surface area contributed by atoms with Crippen molar-refractivity contribution in [2.24, 2.45) is 5.73 Å². The molecule has 1 amide bonds. The van der Waals surface area contributed by atoms with Gasteiger partial charge in [0.25, 0.3) is 11.6 Å². The third kappa shape index (κ3) is 3.68. The molecule has 0 radical (unpaired) electrons. The number of aryl methyl sites for hydroxylation is 1. The van der Waals surface area contributed by atoms with E-state index in [9.17, 15) is 23.7 Å². The zero-order valence-electron chi connectivity index (χ0n) is 13.9. The summed E-state index contributed by atoms with van der Waals surface area (Å²) in [6, 6.07) is 6.36. The Balaban J connectivity index is 1.64. The first-order chi connectivity index (χ1) is 12.9. The van der Waals surface area contributed by atoms with Crippen LogP contribution in [0.5, 0.6) is 5.75 Å². The Morgan fingerprint density at radius 2 is 2.07 bits per heavy atom. The van der Waals surface area contributed by atoms with E-state index in [1.807, 2.05) is 0 Å². The molecular weight excluding hydrogens is 362 g/mol. The van der Waals surface area contributed by atoms with E-state index in [0.717, 1.165) is 12.1 Å². The number of carbonyl (C=O) groups excluding carboxylic acids is 1. The van der Waals surface area contributed by atoms with Crippen molar-refractivity contribution in [1.29, 1.82) is 0 Å². The van der Waals surface area contributed by atoms with E-state index in [4.69, 9.17) is 10.5 Å². The summed E-state index contributed by atoms with van der Waals surface area (Å²) in [6.45, 7) is 0.549. The van der Waals surface area contributed by atoms with Crippen LogP contribution in [0.2, 0.25) is 0 Å². The first kappa shape index (κ1) is 18.2. The Labute approximate surface area is 151 Å². The number of primary amides is 1. The highest BCUT2D eigenvalue weighted by Crippen LogP contribution is 2.23. The van der Waals surface area contributed by atoms with Crippen LogP contribution in [-0.2, 0) is 6.54 Å². The van der Waals surface area contributed by atoms with Gasteiger partial charge in [-0.05, 0) is 24.6 Å². The van der Waals surface area contributed by atoms with Crippen molar-refractivity contribution in [3.05, 3.63) is 64.0 Å². The van der Waals surface area contributed by atoms with Crippen molar-refractivity contribution in [3.8, 4) is 5.75 Å². The van der Waals surface area contributed by atoms with Crippen LogP contribution < -0.4 is 10.5 Å². The van der Waals surface area contributed by atoms with Gasteiger partial charge in [-0.3, -0.25) is 14.9 Å². The lowest BCUT2D eigenvalue weighted by molar-refractivity contribution is -0.384. The molecule has 0 fully saturated rings. The zero-order chi connectivity index (χ0) is 19.6. The van der Waals surface area contributed by atoms with E-state index in [1.54, 1.807) is 10.6 Å². The van der Waals surface area contributed by atoms with Crippen molar-refractivity contribution in [2.75, 3.05) is 6.61 Å². The second kappa shape index (κ2) is 7.36. The van der Waals surface area contributed by atoms with Gasteiger partial charge >= 0.3 is 0 Å². The highest BCUT2D eigenvalue weighted by atomic mass is 19.1. The monoisotopic (exact) mass is 376 g/mol. The number of nitro benzene ring substituents is 1. The van der Waals surface area contributed by atoms with Crippen molar-refractivity contribution in [2.45, 2.75) is 13.0 Å². The number of nitro groups is 1.